The van der Waals surface area contributed by atoms with Gasteiger partial charge in [0.2, 0.25) is 0 Å². The average Bonchev–Trinajstić information content (AvgIpc) is 3.60. The van der Waals surface area contributed by atoms with Gasteiger partial charge in [0.15, 0.2) is 11.4 Å². The molecule has 13 nitrogen and oxygen atoms in total. The van der Waals surface area contributed by atoms with Crippen molar-refractivity contribution in [1.29, 1.82) is 5.26 Å². The van der Waals surface area contributed by atoms with Gasteiger partial charge in [-0.2, -0.15) is 10.4 Å². The molecule has 4 aromatic rings. The summed E-state index contributed by atoms with van der Waals surface area (Å²) in [5.74, 6) is 0.299. The first kappa shape index (κ1) is 27.8. The fourth-order valence-electron chi connectivity index (χ4n) is 4.49. The first-order valence-electron chi connectivity index (χ1n) is 12.5. The molecule has 1 N–H and O–H groups in total. The number of sulfonamides is 1. The van der Waals surface area contributed by atoms with Crippen molar-refractivity contribution in [1.82, 2.24) is 19.8 Å². The maximum absolute atomic E-state index is 13.2. The third kappa shape index (κ3) is 5.62. The van der Waals surface area contributed by atoms with Crippen LogP contribution in [0.25, 0.3) is 11.0 Å². The van der Waals surface area contributed by atoms with Crippen LogP contribution in [0.3, 0.4) is 0 Å². The second kappa shape index (κ2) is 10.3. The normalized spacial score (nSPS) is 13.1. The van der Waals surface area contributed by atoms with Crippen LogP contribution < -0.4 is 14.2 Å². The largest absolute Gasteiger partial charge is 0.496 e. The highest BCUT2D eigenvalue weighted by Crippen LogP contribution is 2.36. The van der Waals surface area contributed by atoms with Gasteiger partial charge in [0, 0.05) is 11.8 Å². The standard InChI is InChI=1S/C27H28N6O7S/c1-27(2,3)39-26(34)32-13-18-14-33(29-19(18)15-32)12-17-9-21(38-5)24-22(10-17)40-30-25(24)31-41(35,36)23-7-6-16(11-28)8-20(23)37-4/h6-10,14H,12-13,15H2,1-5H3,(H,30,31). The van der Waals surface area contributed by atoms with Crippen LogP contribution in [-0.2, 0) is 34.4 Å². The summed E-state index contributed by atoms with van der Waals surface area (Å²) in [6, 6.07) is 9.42. The number of amides is 1. The van der Waals surface area contributed by atoms with Gasteiger partial charge < -0.3 is 18.7 Å². The summed E-state index contributed by atoms with van der Waals surface area (Å²) in [4.78, 5) is 13.8. The predicted octanol–water partition coefficient (Wildman–Crippen LogP) is 4.01. The first-order chi connectivity index (χ1) is 19.4. The molecule has 5 rings (SSSR count). The molecule has 0 aliphatic carbocycles. The number of fused-ring (bicyclic) bond motifs is 2. The number of carbonyl (C=O) groups excluding carboxylic acids is 1. The monoisotopic (exact) mass is 580 g/mol. The van der Waals surface area contributed by atoms with Gasteiger partial charge in [-0.25, -0.2) is 13.2 Å². The smallest absolute Gasteiger partial charge is 0.410 e. The minimum Gasteiger partial charge on any atom is -0.496 e. The molecule has 0 bridgehead atoms. The Hall–Kier alpha value is -4.77. The molecule has 0 radical (unpaired) electrons. The van der Waals surface area contributed by atoms with Crippen molar-refractivity contribution in [3.8, 4) is 17.6 Å². The third-order valence-corrected chi connectivity index (χ3v) is 7.63. The van der Waals surface area contributed by atoms with Crippen molar-refractivity contribution in [3.05, 3.63) is 58.9 Å². The molecule has 14 heteroatoms. The van der Waals surface area contributed by atoms with E-state index in [4.69, 9.17) is 24.0 Å². The number of anilines is 1. The van der Waals surface area contributed by atoms with E-state index in [1.54, 1.807) is 21.7 Å². The Bertz CT molecular complexity index is 1770. The van der Waals surface area contributed by atoms with Gasteiger partial charge in [0.1, 0.15) is 27.4 Å². The molecule has 2 aromatic heterocycles. The minimum atomic E-state index is -4.16. The lowest BCUT2D eigenvalue weighted by Gasteiger charge is -2.24. The Balaban J connectivity index is 1.36. The van der Waals surface area contributed by atoms with E-state index in [-0.39, 0.29) is 28.1 Å². The Morgan fingerprint density at radius 3 is 2.56 bits per heavy atom. The molecule has 3 heterocycles. The van der Waals surface area contributed by atoms with Crippen LogP contribution in [0.15, 0.2) is 45.9 Å². The highest BCUT2D eigenvalue weighted by Gasteiger charge is 2.30. The number of rotatable bonds is 7. The van der Waals surface area contributed by atoms with Crippen molar-refractivity contribution in [2.24, 2.45) is 0 Å². The molecule has 0 saturated heterocycles. The van der Waals surface area contributed by atoms with Crippen molar-refractivity contribution >= 4 is 32.9 Å². The third-order valence-electron chi connectivity index (χ3n) is 6.25. The summed E-state index contributed by atoms with van der Waals surface area (Å²) in [7, 11) is -1.38. The maximum Gasteiger partial charge on any atom is 0.410 e. The lowest BCUT2D eigenvalue weighted by atomic mass is 10.1. The molecule has 2 aromatic carbocycles. The van der Waals surface area contributed by atoms with Gasteiger partial charge in [-0.05, 0) is 56.7 Å². The highest BCUT2D eigenvalue weighted by atomic mass is 32.2. The van der Waals surface area contributed by atoms with Crippen molar-refractivity contribution in [2.45, 2.75) is 50.9 Å². The molecule has 41 heavy (non-hydrogen) atoms. The van der Waals surface area contributed by atoms with Gasteiger partial charge in [-0.3, -0.25) is 14.3 Å². The number of nitrogens with one attached hydrogen (secondary N) is 1. The van der Waals surface area contributed by atoms with Crippen LogP contribution in [0.4, 0.5) is 10.6 Å². The van der Waals surface area contributed by atoms with Crippen LogP contribution in [0.2, 0.25) is 0 Å². The van der Waals surface area contributed by atoms with E-state index < -0.39 is 15.6 Å². The molecule has 1 aliphatic rings. The summed E-state index contributed by atoms with van der Waals surface area (Å²) >= 11 is 0. The van der Waals surface area contributed by atoms with Crippen LogP contribution >= 0.6 is 0 Å². The molecular formula is C27H28N6O7S. The number of carbonyl (C=O) groups is 1. The molecule has 0 unspecified atom stereocenters. The molecule has 1 amide bonds. The average molecular weight is 581 g/mol. The van der Waals surface area contributed by atoms with Crippen molar-refractivity contribution in [3.63, 3.8) is 0 Å². The lowest BCUT2D eigenvalue weighted by Crippen LogP contribution is -2.33. The van der Waals surface area contributed by atoms with Gasteiger partial charge in [0.25, 0.3) is 10.0 Å². The molecule has 214 valence electrons. The molecular weight excluding hydrogens is 552 g/mol. The second-order valence-electron chi connectivity index (χ2n) is 10.4. The van der Waals surface area contributed by atoms with Gasteiger partial charge in [-0.15, -0.1) is 0 Å². The summed E-state index contributed by atoms with van der Waals surface area (Å²) in [6.45, 7) is 6.60. The minimum absolute atomic E-state index is 0.0129. The van der Waals surface area contributed by atoms with E-state index in [2.05, 4.69) is 15.0 Å². The molecule has 0 spiro atoms. The Labute approximate surface area is 236 Å². The SMILES string of the molecule is COc1cc(C#N)ccc1S(=O)(=O)Nc1noc2cc(Cn3cc4c(n3)CN(C(=O)OC(C)(C)C)C4)cc(OC)c12. The maximum atomic E-state index is 13.2. The predicted molar refractivity (Wildman–Crippen MR) is 146 cm³/mol. The van der Waals surface area contributed by atoms with E-state index in [0.29, 0.717) is 36.4 Å². The molecule has 0 atom stereocenters. The Morgan fingerprint density at radius 1 is 1.15 bits per heavy atom. The number of nitriles is 1. The molecule has 1 aliphatic heterocycles. The van der Waals surface area contributed by atoms with E-state index in [1.165, 1.54) is 32.4 Å². The second-order valence-corrected chi connectivity index (χ2v) is 12.1. The van der Waals surface area contributed by atoms with E-state index >= 15 is 0 Å². The van der Waals surface area contributed by atoms with Crippen molar-refractivity contribution < 1.29 is 31.9 Å². The number of ether oxygens (including phenoxy) is 3. The fraction of sp³-hybridized carbons (Fsp3) is 0.333. The van der Waals surface area contributed by atoms with Gasteiger partial charge in [0.05, 0.1) is 51.2 Å². The zero-order valence-corrected chi connectivity index (χ0v) is 23.9. The number of hydrogen-bond donors (Lipinski definition) is 1. The molecule has 0 fully saturated rings. The van der Waals surface area contributed by atoms with E-state index in [9.17, 15) is 13.2 Å². The summed E-state index contributed by atoms with van der Waals surface area (Å²) < 4.78 is 52.2. The summed E-state index contributed by atoms with van der Waals surface area (Å²) in [5, 5.41) is 18.0. The lowest BCUT2D eigenvalue weighted by molar-refractivity contribution is 0.0239. The number of aromatic nitrogens is 3. The number of benzene rings is 2. The number of nitrogens with zero attached hydrogens (tertiary/aromatic N) is 5. The van der Waals surface area contributed by atoms with Crippen LogP contribution in [0.1, 0.15) is 43.2 Å². The van der Waals surface area contributed by atoms with Gasteiger partial charge in [-0.1, -0.05) is 5.16 Å². The van der Waals surface area contributed by atoms with E-state index in [1.807, 2.05) is 33.0 Å². The first-order valence-corrected chi connectivity index (χ1v) is 14.0. The van der Waals surface area contributed by atoms with E-state index in [0.717, 1.165) is 16.8 Å². The summed E-state index contributed by atoms with van der Waals surface area (Å²) in [5.41, 5.74) is 2.48. The van der Waals surface area contributed by atoms with Crippen LogP contribution in [0.5, 0.6) is 11.5 Å². The topological polar surface area (TPSA) is 162 Å². The number of hydrogen-bond acceptors (Lipinski definition) is 10. The summed E-state index contributed by atoms with van der Waals surface area (Å²) in [6.07, 6.45) is 1.49. The Morgan fingerprint density at radius 2 is 1.90 bits per heavy atom. The van der Waals surface area contributed by atoms with Gasteiger partial charge >= 0.3 is 6.09 Å². The van der Waals surface area contributed by atoms with Crippen molar-refractivity contribution in [2.75, 3.05) is 18.9 Å². The highest BCUT2D eigenvalue weighted by molar-refractivity contribution is 7.92. The zero-order chi connectivity index (χ0) is 29.5. The molecule has 0 saturated carbocycles. The number of methoxy groups -OCH3 is 2. The quantitative estimate of drug-likeness (QED) is 0.338. The van der Waals surface area contributed by atoms with Crippen LogP contribution in [0, 0.1) is 11.3 Å². The zero-order valence-electron chi connectivity index (χ0n) is 23.1. The Kier molecular flexibility index (Phi) is 7.00. The van der Waals surface area contributed by atoms with Crippen LogP contribution in [-0.4, -0.2) is 54.2 Å². The fourth-order valence-corrected chi connectivity index (χ4v) is 5.65.